The largest absolute Gasteiger partial charge is 0.363 e. The summed E-state index contributed by atoms with van der Waals surface area (Å²) < 4.78 is 1.05. The van der Waals surface area contributed by atoms with Gasteiger partial charge in [-0.15, -0.1) is 10.2 Å². The van der Waals surface area contributed by atoms with Gasteiger partial charge in [-0.05, 0) is 6.42 Å². The van der Waals surface area contributed by atoms with E-state index < -0.39 is 0 Å². The van der Waals surface area contributed by atoms with Gasteiger partial charge in [0.25, 0.3) is 0 Å². The lowest BCUT2D eigenvalue weighted by Crippen LogP contribution is -1.90. The van der Waals surface area contributed by atoms with E-state index in [4.69, 9.17) is 0 Å². The van der Waals surface area contributed by atoms with Crippen LogP contribution in [0.4, 0.5) is 5.13 Å². The highest BCUT2D eigenvalue weighted by Crippen LogP contribution is 2.29. The maximum atomic E-state index is 4.04. The molecule has 0 aliphatic rings. The van der Waals surface area contributed by atoms with Gasteiger partial charge in [-0.2, -0.15) is 0 Å². The summed E-state index contributed by atoms with van der Waals surface area (Å²) in [6.45, 7) is 4.38. The van der Waals surface area contributed by atoms with Crippen molar-refractivity contribution >= 4 is 28.2 Å². The molecule has 1 atom stereocenters. The van der Waals surface area contributed by atoms with Crippen molar-refractivity contribution in [3.8, 4) is 0 Å². The van der Waals surface area contributed by atoms with Crippen LogP contribution < -0.4 is 5.32 Å². The van der Waals surface area contributed by atoms with Crippen LogP contribution in [0.2, 0.25) is 0 Å². The molecule has 0 spiro atoms. The predicted octanol–water partition coefficient (Wildman–Crippen LogP) is 2.47. The molecular formula is C7H13N3S2. The summed E-state index contributed by atoms with van der Waals surface area (Å²) in [7, 11) is 1.86. The number of aromatic nitrogens is 2. The van der Waals surface area contributed by atoms with Crippen LogP contribution in [0, 0.1) is 0 Å². The third-order valence-electron chi connectivity index (χ3n) is 1.50. The lowest BCUT2D eigenvalue weighted by atomic mass is 10.4. The molecule has 0 amide bonds. The average molecular weight is 203 g/mol. The van der Waals surface area contributed by atoms with Gasteiger partial charge in [-0.3, -0.25) is 0 Å². The van der Waals surface area contributed by atoms with Crippen molar-refractivity contribution in [3.63, 3.8) is 0 Å². The number of nitrogens with zero attached hydrogens (tertiary/aromatic N) is 2. The van der Waals surface area contributed by atoms with E-state index in [9.17, 15) is 0 Å². The highest BCUT2D eigenvalue weighted by Gasteiger charge is 2.06. The number of hydrogen-bond acceptors (Lipinski definition) is 5. The Morgan fingerprint density at radius 1 is 1.58 bits per heavy atom. The molecule has 12 heavy (non-hydrogen) atoms. The van der Waals surface area contributed by atoms with E-state index in [1.807, 2.05) is 7.05 Å². The summed E-state index contributed by atoms with van der Waals surface area (Å²) in [5.41, 5.74) is 0. The minimum atomic E-state index is 0.627. The third kappa shape index (κ3) is 2.64. The summed E-state index contributed by atoms with van der Waals surface area (Å²) in [4.78, 5) is 0. The van der Waals surface area contributed by atoms with Gasteiger partial charge < -0.3 is 5.32 Å². The van der Waals surface area contributed by atoms with Crippen molar-refractivity contribution in [2.45, 2.75) is 29.9 Å². The summed E-state index contributed by atoms with van der Waals surface area (Å²) in [6, 6.07) is 0. The fraction of sp³-hybridized carbons (Fsp3) is 0.714. The Kier molecular flexibility index (Phi) is 3.81. The maximum absolute atomic E-state index is 4.04. The lowest BCUT2D eigenvalue weighted by Gasteiger charge is -2.02. The second kappa shape index (κ2) is 4.67. The molecule has 1 unspecified atom stereocenters. The fourth-order valence-corrected chi connectivity index (χ4v) is 2.57. The molecule has 1 aromatic rings. The Bertz CT molecular complexity index is 236. The molecule has 0 aromatic carbocycles. The zero-order valence-electron chi connectivity index (χ0n) is 7.50. The second-order valence-corrected chi connectivity index (χ2v) is 5.12. The van der Waals surface area contributed by atoms with Crippen molar-refractivity contribution in [2.75, 3.05) is 12.4 Å². The van der Waals surface area contributed by atoms with Crippen LogP contribution in [-0.2, 0) is 0 Å². The van der Waals surface area contributed by atoms with Crippen LogP contribution in [0.3, 0.4) is 0 Å². The molecule has 1 rings (SSSR count). The molecule has 1 N–H and O–H groups in total. The number of thioether (sulfide) groups is 1. The zero-order chi connectivity index (χ0) is 8.97. The summed E-state index contributed by atoms with van der Waals surface area (Å²) in [5, 5.41) is 12.5. The predicted molar refractivity (Wildman–Crippen MR) is 55.1 cm³/mol. The van der Waals surface area contributed by atoms with Crippen LogP contribution in [0.25, 0.3) is 0 Å². The van der Waals surface area contributed by atoms with Crippen LogP contribution >= 0.6 is 23.1 Å². The van der Waals surface area contributed by atoms with E-state index in [0.717, 1.165) is 9.47 Å². The second-order valence-electron chi connectivity index (χ2n) is 2.46. The zero-order valence-corrected chi connectivity index (χ0v) is 9.13. The van der Waals surface area contributed by atoms with Crippen molar-refractivity contribution in [2.24, 2.45) is 0 Å². The van der Waals surface area contributed by atoms with Crippen LogP contribution in [0.1, 0.15) is 20.3 Å². The van der Waals surface area contributed by atoms with Gasteiger partial charge in [0.1, 0.15) is 0 Å². The average Bonchev–Trinajstić information content (AvgIpc) is 2.52. The van der Waals surface area contributed by atoms with Crippen molar-refractivity contribution in [3.05, 3.63) is 0 Å². The number of nitrogens with one attached hydrogen (secondary N) is 1. The van der Waals surface area contributed by atoms with Gasteiger partial charge in [-0.25, -0.2) is 0 Å². The third-order valence-corrected chi connectivity index (χ3v) is 3.79. The van der Waals surface area contributed by atoms with Crippen molar-refractivity contribution in [1.82, 2.24) is 10.2 Å². The molecule has 1 heterocycles. The molecule has 5 heteroatoms. The first-order valence-electron chi connectivity index (χ1n) is 3.94. The van der Waals surface area contributed by atoms with E-state index in [2.05, 4.69) is 29.4 Å². The van der Waals surface area contributed by atoms with E-state index in [1.165, 1.54) is 6.42 Å². The molecule has 0 aliphatic carbocycles. The molecule has 0 bridgehead atoms. The van der Waals surface area contributed by atoms with E-state index in [1.54, 1.807) is 23.1 Å². The van der Waals surface area contributed by atoms with Gasteiger partial charge in [0.05, 0.1) is 0 Å². The molecule has 0 fully saturated rings. The SMILES string of the molecule is CCC(C)Sc1nnc(NC)s1. The van der Waals surface area contributed by atoms with E-state index >= 15 is 0 Å². The molecule has 68 valence electrons. The first-order valence-corrected chi connectivity index (χ1v) is 5.63. The van der Waals surface area contributed by atoms with Crippen molar-refractivity contribution < 1.29 is 0 Å². The first kappa shape index (κ1) is 9.80. The fourth-order valence-electron chi connectivity index (χ4n) is 0.614. The van der Waals surface area contributed by atoms with Gasteiger partial charge in [0.15, 0.2) is 4.34 Å². The molecule has 0 radical (unpaired) electrons. The monoisotopic (exact) mass is 203 g/mol. The van der Waals surface area contributed by atoms with Gasteiger partial charge in [0, 0.05) is 12.3 Å². The normalized spacial score (nSPS) is 12.9. The summed E-state index contributed by atoms with van der Waals surface area (Å²) in [5.74, 6) is 0. The topological polar surface area (TPSA) is 37.8 Å². The van der Waals surface area contributed by atoms with Gasteiger partial charge >= 0.3 is 0 Å². The smallest absolute Gasteiger partial charge is 0.206 e. The standard InChI is InChI=1S/C7H13N3S2/c1-4-5(2)11-7-10-9-6(8-3)12-7/h5H,4H2,1-3H3,(H,8,9). The number of rotatable bonds is 4. The molecule has 0 saturated heterocycles. The Labute approximate surface area is 81.0 Å². The highest BCUT2D eigenvalue weighted by atomic mass is 32.2. The van der Waals surface area contributed by atoms with Crippen molar-refractivity contribution in [1.29, 1.82) is 0 Å². The van der Waals surface area contributed by atoms with Crippen LogP contribution in [-0.4, -0.2) is 22.5 Å². The molecule has 0 aliphatic heterocycles. The first-order chi connectivity index (χ1) is 5.76. The Morgan fingerprint density at radius 3 is 2.83 bits per heavy atom. The Morgan fingerprint density at radius 2 is 2.33 bits per heavy atom. The molecule has 1 aromatic heterocycles. The molecule has 0 saturated carbocycles. The quantitative estimate of drug-likeness (QED) is 0.763. The highest BCUT2D eigenvalue weighted by molar-refractivity contribution is 8.01. The summed E-state index contributed by atoms with van der Waals surface area (Å²) in [6.07, 6.45) is 1.17. The summed E-state index contributed by atoms with van der Waals surface area (Å²) >= 11 is 3.39. The minimum absolute atomic E-state index is 0.627. The van der Waals surface area contributed by atoms with Gasteiger partial charge in [0.2, 0.25) is 5.13 Å². The Hall–Kier alpha value is -0.290. The van der Waals surface area contributed by atoms with E-state index in [0.29, 0.717) is 5.25 Å². The number of hydrogen-bond donors (Lipinski definition) is 1. The molecule has 3 nitrogen and oxygen atoms in total. The van der Waals surface area contributed by atoms with Crippen LogP contribution in [0.15, 0.2) is 4.34 Å². The van der Waals surface area contributed by atoms with Gasteiger partial charge in [-0.1, -0.05) is 36.9 Å². The molecular weight excluding hydrogens is 190 g/mol. The maximum Gasteiger partial charge on any atom is 0.206 e. The lowest BCUT2D eigenvalue weighted by molar-refractivity contribution is 0.900. The van der Waals surface area contributed by atoms with E-state index in [-0.39, 0.29) is 0 Å². The number of anilines is 1. The minimum Gasteiger partial charge on any atom is -0.363 e. The Balaban J connectivity index is 2.52. The van der Waals surface area contributed by atoms with Crippen LogP contribution in [0.5, 0.6) is 0 Å².